The van der Waals surface area contributed by atoms with E-state index in [9.17, 15) is 10.2 Å². The van der Waals surface area contributed by atoms with E-state index in [-0.39, 0.29) is 30.3 Å². The van der Waals surface area contributed by atoms with Crippen LogP contribution >= 0.6 is 0 Å². The molecule has 0 saturated carbocycles. The minimum Gasteiger partial charge on any atom is -0.854 e. The summed E-state index contributed by atoms with van der Waals surface area (Å²) in [5.74, 6) is 1.18. The van der Waals surface area contributed by atoms with Gasteiger partial charge < -0.3 is 20.8 Å². The van der Waals surface area contributed by atoms with E-state index in [1.807, 2.05) is 14.1 Å². The number of hydrogen-bond donors (Lipinski definition) is 2. The summed E-state index contributed by atoms with van der Waals surface area (Å²) in [4.78, 5) is 0. The molecule has 2 atom stereocenters. The van der Waals surface area contributed by atoms with Crippen molar-refractivity contribution in [1.29, 1.82) is 0 Å². The molecule has 0 aliphatic heterocycles. The van der Waals surface area contributed by atoms with Crippen LogP contribution in [0.5, 0.6) is 0 Å². The van der Waals surface area contributed by atoms with Crippen LogP contribution in [0.2, 0.25) is 0 Å². The van der Waals surface area contributed by atoms with E-state index in [1.54, 1.807) is 0 Å². The van der Waals surface area contributed by atoms with E-state index in [0.29, 0.717) is 11.8 Å². The Hall–Kier alpha value is 0.359. The normalized spacial score (nSPS) is 12.9. The summed E-state index contributed by atoms with van der Waals surface area (Å²) >= 11 is 0. The van der Waals surface area contributed by atoms with E-state index in [1.165, 1.54) is 0 Å². The van der Waals surface area contributed by atoms with Crippen molar-refractivity contribution in [1.82, 2.24) is 10.6 Å². The van der Waals surface area contributed by atoms with Crippen LogP contribution < -0.4 is 20.8 Å². The van der Waals surface area contributed by atoms with Crippen LogP contribution in [-0.4, -0.2) is 40.4 Å². The van der Waals surface area contributed by atoms with Crippen LogP contribution in [0.15, 0.2) is 0 Å². The first-order valence-corrected chi connectivity index (χ1v) is 7.15. The fourth-order valence-electron chi connectivity index (χ4n) is 1.81. The largest absolute Gasteiger partial charge is 2.00 e. The Morgan fingerprint density at radius 1 is 0.789 bits per heavy atom. The molecule has 0 spiro atoms. The van der Waals surface area contributed by atoms with Gasteiger partial charge >= 0.3 is 17.1 Å². The first-order valence-electron chi connectivity index (χ1n) is 7.15. The molecule has 0 rings (SSSR count). The van der Waals surface area contributed by atoms with Gasteiger partial charge in [0.25, 0.3) is 0 Å². The molecular weight excluding hydrogens is 292 g/mol. The number of nitrogens with one attached hydrogen (secondary N) is 2. The van der Waals surface area contributed by atoms with Crippen LogP contribution in [-0.2, 0) is 17.1 Å². The van der Waals surface area contributed by atoms with Gasteiger partial charge in [-0.2, -0.15) is 0 Å². The molecular formula is C14H32CuN2O2. The minimum atomic E-state index is 0. The molecule has 0 heterocycles. The summed E-state index contributed by atoms with van der Waals surface area (Å²) in [5, 5.41) is 26.4. The summed E-state index contributed by atoms with van der Waals surface area (Å²) in [7, 11) is 3.85. The van der Waals surface area contributed by atoms with E-state index >= 15 is 0 Å². The average molecular weight is 324 g/mol. The van der Waals surface area contributed by atoms with Gasteiger partial charge in [-0.1, -0.05) is 39.5 Å². The molecule has 0 aromatic rings. The fourth-order valence-corrected chi connectivity index (χ4v) is 1.81. The van der Waals surface area contributed by atoms with Crippen molar-refractivity contribution >= 4 is 0 Å². The van der Waals surface area contributed by atoms with Gasteiger partial charge in [0, 0.05) is 0 Å². The quantitative estimate of drug-likeness (QED) is 0.554. The van der Waals surface area contributed by atoms with Crippen molar-refractivity contribution in [2.75, 3.05) is 40.4 Å². The molecule has 0 aliphatic carbocycles. The maximum Gasteiger partial charge on any atom is 2.00 e. The van der Waals surface area contributed by atoms with Crippen LogP contribution in [0.4, 0.5) is 0 Å². The van der Waals surface area contributed by atoms with Crippen LogP contribution in [0.25, 0.3) is 0 Å². The van der Waals surface area contributed by atoms with E-state index < -0.39 is 0 Å². The summed E-state index contributed by atoms with van der Waals surface area (Å²) in [6, 6.07) is 0. The second-order valence-corrected chi connectivity index (χ2v) is 4.65. The molecule has 0 amide bonds. The third-order valence-corrected chi connectivity index (χ3v) is 3.19. The molecule has 19 heavy (non-hydrogen) atoms. The number of rotatable bonds is 10. The van der Waals surface area contributed by atoms with Crippen molar-refractivity contribution in [3.63, 3.8) is 0 Å². The standard InChI is InChI=1S/2C7H16NO.Cu/c2*1-3-7(4-5-9)6-8-2;/h2*7-8H,3-6H2,1-2H3;/q2*-1;+2. The maximum atomic E-state index is 10.1. The molecule has 0 aromatic carbocycles. The second kappa shape index (κ2) is 20.7. The van der Waals surface area contributed by atoms with Gasteiger partial charge in [0.1, 0.15) is 0 Å². The van der Waals surface area contributed by atoms with Gasteiger partial charge in [-0.3, -0.25) is 0 Å². The van der Waals surface area contributed by atoms with Gasteiger partial charge in [-0.25, -0.2) is 0 Å². The molecule has 0 fully saturated rings. The monoisotopic (exact) mass is 323 g/mol. The zero-order chi connectivity index (χ0) is 14.2. The van der Waals surface area contributed by atoms with Gasteiger partial charge in [0.15, 0.2) is 0 Å². The molecule has 4 nitrogen and oxygen atoms in total. The van der Waals surface area contributed by atoms with Crippen molar-refractivity contribution in [3.8, 4) is 0 Å². The molecule has 0 aromatic heterocycles. The summed E-state index contributed by atoms with van der Waals surface area (Å²) in [6.07, 6.45) is 3.86. The van der Waals surface area contributed by atoms with E-state index in [4.69, 9.17) is 0 Å². The molecule has 5 heteroatoms. The third-order valence-electron chi connectivity index (χ3n) is 3.19. The Labute approximate surface area is 130 Å². The van der Waals surface area contributed by atoms with Crippen LogP contribution in [0.1, 0.15) is 39.5 Å². The number of hydrogen-bond acceptors (Lipinski definition) is 4. The van der Waals surface area contributed by atoms with Crippen molar-refractivity contribution < 1.29 is 27.3 Å². The van der Waals surface area contributed by atoms with E-state index in [2.05, 4.69) is 24.5 Å². The zero-order valence-electron chi connectivity index (χ0n) is 12.9. The predicted octanol–water partition coefficient (Wildman–Crippen LogP) is -0.0377. The Kier molecular flexibility index (Phi) is 26.5. The molecule has 0 saturated heterocycles. The van der Waals surface area contributed by atoms with Crippen molar-refractivity contribution in [2.24, 2.45) is 11.8 Å². The predicted molar refractivity (Wildman–Crippen MR) is 74.4 cm³/mol. The van der Waals surface area contributed by atoms with E-state index in [0.717, 1.165) is 38.8 Å². The Bertz CT molecular complexity index is 123. The molecule has 2 unspecified atom stereocenters. The summed E-state index contributed by atoms with van der Waals surface area (Å²) in [6.45, 7) is 6.35. The van der Waals surface area contributed by atoms with Crippen LogP contribution in [0.3, 0.4) is 0 Å². The van der Waals surface area contributed by atoms with Crippen molar-refractivity contribution in [2.45, 2.75) is 39.5 Å². The smallest absolute Gasteiger partial charge is 0.854 e. The fraction of sp³-hybridized carbons (Fsp3) is 1.00. The molecule has 0 bridgehead atoms. The molecule has 2 N–H and O–H groups in total. The van der Waals surface area contributed by atoms with Crippen molar-refractivity contribution in [3.05, 3.63) is 0 Å². The summed E-state index contributed by atoms with van der Waals surface area (Å²) < 4.78 is 0. The Balaban J connectivity index is -0.000000256. The first kappa shape index (κ1) is 24.4. The van der Waals surface area contributed by atoms with Gasteiger partial charge in [0.05, 0.1) is 0 Å². The third kappa shape index (κ3) is 18.4. The van der Waals surface area contributed by atoms with Crippen LogP contribution in [0, 0.1) is 11.8 Å². The minimum absolute atomic E-state index is 0. The topological polar surface area (TPSA) is 70.2 Å². The maximum absolute atomic E-state index is 10.1. The molecule has 121 valence electrons. The van der Waals surface area contributed by atoms with Gasteiger partial charge in [-0.05, 0) is 39.0 Å². The SMILES string of the molecule is CCC(CC[O-])CNC.CCC(CC[O-])CNC.[Cu+2]. The first-order chi connectivity index (χ1) is 8.69. The summed E-state index contributed by atoms with van der Waals surface area (Å²) in [5.41, 5.74) is 0. The van der Waals surface area contributed by atoms with Gasteiger partial charge in [-0.15, -0.1) is 13.2 Å². The zero-order valence-corrected chi connectivity index (χ0v) is 13.9. The Morgan fingerprint density at radius 2 is 1.11 bits per heavy atom. The second-order valence-electron chi connectivity index (χ2n) is 4.65. The molecule has 1 radical (unpaired) electrons. The Morgan fingerprint density at radius 3 is 1.26 bits per heavy atom. The van der Waals surface area contributed by atoms with Gasteiger partial charge in [0.2, 0.25) is 0 Å². The molecule has 0 aliphatic rings. The average Bonchev–Trinajstić information content (AvgIpc) is 2.39.